The summed E-state index contributed by atoms with van der Waals surface area (Å²) < 4.78 is 5.33. The highest BCUT2D eigenvalue weighted by atomic mass is 32.2. The molecule has 2 aromatic rings. The van der Waals surface area contributed by atoms with Gasteiger partial charge < -0.3 is 9.63 Å². The molecule has 0 bridgehead atoms. The predicted molar refractivity (Wildman–Crippen MR) is 78.5 cm³/mol. The average molecular weight is 294 g/mol. The summed E-state index contributed by atoms with van der Waals surface area (Å²) >= 11 is 3.84. The Hall–Kier alpha value is -1.14. The molecule has 3 rings (SSSR count). The molecule has 1 saturated heterocycles. The minimum Gasteiger partial charge on any atom is -0.508 e. The van der Waals surface area contributed by atoms with Gasteiger partial charge in [-0.05, 0) is 24.3 Å². The van der Waals surface area contributed by atoms with Crippen molar-refractivity contribution in [3.05, 3.63) is 30.1 Å². The molecule has 6 heteroatoms. The molecular weight excluding hydrogens is 280 g/mol. The van der Waals surface area contributed by atoms with Crippen LogP contribution in [0.15, 0.2) is 28.8 Å². The summed E-state index contributed by atoms with van der Waals surface area (Å²) in [5, 5.41) is 14.2. The van der Waals surface area contributed by atoms with E-state index in [2.05, 4.69) is 17.1 Å². The van der Waals surface area contributed by atoms with Crippen molar-refractivity contribution in [2.45, 2.75) is 17.4 Å². The quantitative estimate of drug-likeness (QED) is 0.916. The lowest BCUT2D eigenvalue weighted by molar-refractivity contribution is 0.421. The number of hydrogen-bond donors (Lipinski definition) is 1. The Morgan fingerprint density at radius 2 is 1.95 bits per heavy atom. The fourth-order valence-corrected chi connectivity index (χ4v) is 4.67. The van der Waals surface area contributed by atoms with E-state index in [-0.39, 0.29) is 5.75 Å². The van der Waals surface area contributed by atoms with E-state index in [9.17, 15) is 5.11 Å². The largest absolute Gasteiger partial charge is 0.508 e. The van der Waals surface area contributed by atoms with Gasteiger partial charge in [0, 0.05) is 22.3 Å². The standard InChI is InChI=1S/C13H14N2O2S2/c1-8-11(19-7-6-18-8)12-14-13(17-15-12)9-2-4-10(16)5-3-9/h2-5,8,11,16H,6-7H2,1H3. The molecule has 0 radical (unpaired) electrons. The summed E-state index contributed by atoms with van der Waals surface area (Å²) in [5.41, 5.74) is 0.831. The van der Waals surface area contributed by atoms with Crippen molar-refractivity contribution in [3.8, 4) is 17.2 Å². The van der Waals surface area contributed by atoms with E-state index in [1.807, 2.05) is 23.5 Å². The number of phenolic OH excluding ortho intramolecular Hbond substituents is 1. The van der Waals surface area contributed by atoms with E-state index in [1.54, 1.807) is 24.3 Å². The third-order valence-electron chi connectivity index (χ3n) is 3.00. The van der Waals surface area contributed by atoms with Crippen LogP contribution in [0.4, 0.5) is 0 Å². The van der Waals surface area contributed by atoms with E-state index in [1.165, 1.54) is 5.75 Å². The first-order valence-corrected chi connectivity index (χ1v) is 8.20. The van der Waals surface area contributed by atoms with Gasteiger partial charge in [0.25, 0.3) is 5.89 Å². The topological polar surface area (TPSA) is 59.2 Å². The second kappa shape index (κ2) is 5.46. The van der Waals surface area contributed by atoms with Gasteiger partial charge in [-0.25, -0.2) is 0 Å². The summed E-state index contributed by atoms with van der Waals surface area (Å²) in [7, 11) is 0. The van der Waals surface area contributed by atoms with Crippen LogP contribution in [0.3, 0.4) is 0 Å². The molecule has 0 spiro atoms. The number of thioether (sulfide) groups is 2. The van der Waals surface area contributed by atoms with E-state index in [4.69, 9.17) is 4.52 Å². The minimum atomic E-state index is 0.233. The van der Waals surface area contributed by atoms with Gasteiger partial charge in [-0.1, -0.05) is 12.1 Å². The van der Waals surface area contributed by atoms with Crippen LogP contribution < -0.4 is 0 Å². The van der Waals surface area contributed by atoms with Gasteiger partial charge in [-0.2, -0.15) is 16.7 Å². The van der Waals surface area contributed by atoms with E-state index in [0.29, 0.717) is 16.4 Å². The molecule has 1 aromatic heterocycles. The summed E-state index contributed by atoms with van der Waals surface area (Å²) in [6.45, 7) is 2.21. The molecule has 2 unspecified atom stereocenters. The van der Waals surface area contributed by atoms with Crippen LogP contribution in [0.2, 0.25) is 0 Å². The third kappa shape index (κ3) is 2.74. The van der Waals surface area contributed by atoms with Crippen LogP contribution in [-0.2, 0) is 0 Å². The molecule has 0 saturated carbocycles. The van der Waals surface area contributed by atoms with Gasteiger partial charge in [-0.15, -0.1) is 11.8 Å². The fraction of sp³-hybridized carbons (Fsp3) is 0.385. The highest BCUT2D eigenvalue weighted by molar-refractivity contribution is 8.06. The maximum atomic E-state index is 9.27. The first kappa shape index (κ1) is 12.9. The molecule has 0 aliphatic carbocycles. The molecule has 19 heavy (non-hydrogen) atoms. The second-order valence-corrected chi connectivity index (χ2v) is 7.11. The lowest BCUT2D eigenvalue weighted by Crippen LogP contribution is -2.16. The van der Waals surface area contributed by atoms with Crippen LogP contribution in [0.1, 0.15) is 18.0 Å². The van der Waals surface area contributed by atoms with Crippen LogP contribution in [0.5, 0.6) is 5.75 Å². The van der Waals surface area contributed by atoms with Crippen molar-refractivity contribution in [2.75, 3.05) is 11.5 Å². The number of phenols is 1. The Labute approximate surface area is 120 Å². The zero-order valence-corrected chi connectivity index (χ0v) is 12.1. The van der Waals surface area contributed by atoms with Gasteiger partial charge in [0.05, 0.1) is 5.25 Å². The zero-order chi connectivity index (χ0) is 13.2. The Balaban J connectivity index is 1.84. The molecule has 0 amide bonds. The number of aromatic hydroxyl groups is 1. The van der Waals surface area contributed by atoms with Gasteiger partial charge >= 0.3 is 0 Å². The SMILES string of the molecule is CC1SCCSC1c1noc(-c2ccc(O)cc2)n1. The molecule has 1 aliphatic heterocycles. The lowest BCUT2D eigenvalue weighted by atomic mass is 10.2. The van der Waals surface area contributed by atoms with Crippen molar-refractivity contribution in [1.29, 1.82) is 0 Å². The Bertz CT molecular complexity index is 556. The van der Waals surface area contributed by atoms with Gasteiger partial charge in [0.2, 0.25) is 0 Å². The normalized spacial score (nSPS) is 23.4. The molecule has 2 heterocycles. The molecule has 2 atom stereocenters. The van der Waals surface area contributed by atoms with Crippen LogP contribution in [0.25, 0.3) is 11.5 Å². The lowest BCUT2D eigenvalue weighted by Gasteiger charge is -2.24. The van der Waals surface area contributed by atoms with E-state index in [0.717, 1.165) is 17.1 Å². The predicted octanol–water partition coefficient (Wildman–Crippen LogP) is 3.35. The molecule has 1 N–H and O–H groups in total. The molecule has 1 aliphatic rings. The van der Waals surface area contributed by atoms with Crippen molar-refractivity contribution in [1.82, 2.24) is 10.1 Å². The van der Waals surface area contributed by atoms with E-state index >= 15 is 0 Å². The molecule has 100 valence electrons. The number of aromatic nitrogens is 2. The summed E-state index contributed by atoms with van der Waals surface area (Å²) in [5.74, 6) is 3.83. The Morgan fingerprint density at radius 1 is 1.21 bits per heavy atom. The Kier molecular flexibility index (Phi) is 3.70. The highest BCUT2D eigenvalue weighted by Gasteiger charge is 2.28. The maximum Gasteiger partial charge on any atom is 0.257 e. The fourth-order valence-electron chi connectivity index (χ4n) is 1.99. The molecule has 4 nitrogen and oxygen atoms in total. The third-order valence-corrected chi connectivity index (χ3v) is 6.08. The van der Waals surface area contributed by atoms with Gasteiger partial charge in [-0.3, -0.25) is 0 Å². The second-order valence-electron chi connectivity index (χ2n) is 4.37. The zero-order valence-electron chi connectivity index (χ0n) is 10.4. The van der Waals surface area contributed by atoms with Crippen LogP contribution in [-0.4, -0.2) is 32.0 Å². The molecule has 1 aromatic carbocycles. The van der Waals surface area contributed by atoms with Gasteiger partial charge in [0.1, 0.15) is 5.75 Å². The van der Waals surface area contributed by atoms with Crippen molar-refractivity contribution in [2.24, 2.45) is 0 Å². The average Bonchev–Trinajstić information content (AvgIpc) is 2.89. The highest BCUT2D eigenvalue weighted by Crippen LogP contribution is 2.41. The van der Waals surface area contributed by atoms with Crippen molar-refractivity contribution in [3.63, 3.8) is 0 Å². The smallest absolute Gasteiger partial charge is 0.257 e. The first-order valence-electron chi connectivity index (χ1n) is 6.10. The summed E-state index contributed by atoms with van der Waals surface area (Å²) in [6, 6.07) is 6.79. The summed E-state index contributed by atoms with van der Waals surface area (Å²) in [6.07, 6.45) is 0. The molecule has 1 fully saturated rings. The molecular formula is C13H14N2O2S2. The van der Waals surface area contributed by atoms with Crippen molar-refractivity contribution >= 4 is 23.5 Å². The Morgan fingerprint density at radius 3 is 2.68 bits per heavy atom. The first-order chi connectivity index (χ1) is 9.24. The van der Waals surface area contributed by atoms with Crippen LogP contribution >= 0.6 is 23.5 Å². The maximum absolute atomic E-state index is 9.27. The minimum absolute atomic E-state index is 0.233. The number of hydrogen-bond acceptors (Lipinski definition) is 6. The summed E-state index contributed by atoms with van der Waals surface area (Å²) in [4.78, 5) is 4.49. The monoisotopic (exact) mass is 294 g/mol. The van der Waals surface area contributed by atoms with Crippen LogP contribution in [0, 0.1) is 0 Å². The number of nitrogens with zero attached hydrogens (tertiary/aromatic N) is 2. The number of benzene rings is 1. The van der Waals surface area contributed by atoms with Gasteiger partial charge in [0.15, 0.2) is 5.82 Å². The van der Waals surface area contributed by atoms with Crippen molar-refractivity contribution < 1.29 is 9.63 Å². The number of rotatable bonds is 2. The van der Waals surface area contributed by atoms with E-state index < -0.39 is 0 Å².